The van der Waals surface area contributed by atoms with Crippen molar-refractivity contribution in [3.05, 3.63) is 17.5 Å². The maximum absolute atomic E-state index is 12.4. The molecule has 1 fully saturated rings. The zero-order valence-electron chi connectivity index (χ0n) is 11.4. The number of aryl methyl sites for hydroxylation is 2. The highest BCUT2D eigenvalue weighted by molar-refractivity contribution is 5.92. The van der Waals surface area contributed by atoms with E-state index in [0.29, 0.717) is 11.7 Å². The number of carbonyl (C=O) groups excluding carboxylic acids is 1. The molecule has 1 N–H and O–H groups in total. The van der Waals surface area contributed by atoms with Crippen LogP contribution in [0, 0.1) is 6.92 Å². The Balaban J connectivity index is 2.04. The second-order valence-corrected chi connectivity index (χ2v) is 4.93. The van der Waals surface area contributed by atoms with E-state index >= 15 is 0 Å². The van der Waals surface area contributed by atoms with Crippen LogP contribution in [0.25, 0.3) is 0 Å². The molecule has 0 bridgehead atoms. The molecule has 1 aliphatic heterocycles. The first-order valence-corrected chi connectivity index (χ1v) is 6.65. The maximum atomic E-state index is 12.4. The highest BCUT2D eigenvalue weighted by Crippen LogP contribution is 2.10. The molecule has 0 radical (unpaired) electrons. The molecule has 2 rings (SSSR count). The van der Waals surface area contributed by atoms with Crippen LogP contribution in [0.5, 0.6) is 0 Å². The van der Waals surface area contributed by atoms with E-state index in [-0.39, 0.29) is 5.91 Å². The van der Waals surface area contributed by atoms with Crippen molar-refractivity contribution in [2.24, 2.45) is 7.05 Å². The van der Waals surface area contributed by atoms with Gasteiger partial charge in [0, 0.05) is 31.9 Å². The molecular weight excluding hydrogens is 228 g/mol. The van der Waals surface area contributed by atoms with Gasteiger partial charge in [-0.1, -0.05) is 0 Å². The first-order chi connectivity index (χ1) is 8.61. The molecule has 1 saturated heterocycles. The quantitative estimate of drug-likeness (QED) is 0.865. The van der Waals surface area contributed by atoms with Gasteiger partial charge in [0.15, 0.2) is 5.69 Å². The molecule has 1 unspecified atom stereocenters. The van der Waals surface area contributed by atoms with Crippen LogP contribution in [-0.4, -0.2) is 46.3 Å². The van der Waals surface area contributed by atoms with Gasteiger partial charge in [0.25, 0.3) is 5.91 Å². The lowest BCUT2D eigenvalue weighted by Crippen LogP contribution is -2.41. The highest BCUT2D eigenvalue weighted by Gasteiger charge is 2.22. The van der Waals surface area contributed by atoms with Gasteiger partial charge >= 0.3 is 0 Å². The van der Waals surface area contributed by atoms with Gasteiger partial charge in [0.05, 0.1) is 0 Å². The number of hydrogen-bond donors (Lipinski definition) is 1. The van der Waals surface area contributed by atoms with E-state index in [2.05, 4.69) is 10.4 Å². The van der Waals surface area contributed by atoms with Crippen molar-refractivity contribution < 1.29 is 4.79 Å². The number of aromatic nitrogens is 2. The van der Waals surface area contributed by atoms with Gasteiger partial charge in [0.1, 0.15) is 0 Å². The molecule has 18 heavy (non-hydrogen) atoms. The fourth-order valence-corrected chi connectivity index (χ4v) is 2.36. The van der Waals surface area contributed by atoms with Crippen molar-refractivity contribution in [2.45, 2.75) is 32.7 Å². The molecule has 1 amide bonds. The van der Waals surface area contributed by atoms with Crippen LogP contribution in [-0.2, 0) is 7.05 Å². The van der Waals surface area contributed by atoms with Gasteiger partial charge in [-0.05, 0) is 39.3 Å². The smallest absolute Gasteiger partial charge is 0.274 e. The van der Waals surface area contributed by atoms with Crippen LogP contribution in [0.2, 0.25) is 0 Å². The average Bonchev–Trinajstić information content (AvgIpc) is 2.96. The molecule has 0 aliphatic carbocycles. The van der Waals surface area contributed by atoms with E-state index in [9.17, 15) is 4.79 Å². The number of nitrogens with zero attached hydrogens (tertiary/aromatic N) is 3. The van der Waals surface area contributed by atoms with E-state index in [4.69, 9.17) is 0 Å². The number of hydrogen-bond acceptors (Lipinski definition) is 3. The minimum absolute atomic E-state index is 0.0369. The van der Waals surface area contributed by atoms with Crippen molar-refractivity contribution in [2.75, 3.05) is 19.6 Å². The SMILES string of the molecule is CCN(CC1CCCN1)C(=O)c1cc(C)n(C)n1. The van der Waals surface area contributed by atoms with E-state index in [0.717, 1.165) is 31.7 Å². The summed E-state index contributed by atoms with van der Waals surface area (Å²) in [6, 6.07) is 2.30. The number of likely N-dealkylation sites (N-methyl/N-ethyl adjacent to an activating group) is 1. The lowest BCUT2D eigenvalue weighted by atomic mass is 10.2. The van der Waals surface area contributed by atoms with Crippen molar-refractivity contribution >= 4 is 5.91 Å². The van der Waals surface area contributed by atoms with Crippen LogP contribution < -0.4 is 5.32 Å². The summed E-state index contributed by atoms with van der Waals surface area (Å²) in [5, 5.41) is 7.68. The van der Waals surface area contributed by atoms with Crippen molar-refractivity contribution in [3.8, 4) is 0 Å². The molecule has 1 aromatic heterocycles. The first-order valence-electron chi connectivity index (χ1n) is 6.65. The Labute approximate surface area is 108 Å². The average molecular weight is 250 g/mol. The van der Waals surface area contributed by atoms with E-state index in [1.165, 1.54) is 6.42 Å². The fraction of sp³-hybridized carbons (Fsp3) is 0.692. The van der Waals surface area contributed by atoms with Crippen LogP contribution >= 0.6 is 0 Å². The van der Waals surface area contributed by atoms with Gasteiger partial charge in [-0.2, -0.15) is 5.10 Å². The second-order valence-electron chi connectivity index (χ2n) is 4.93. The Hall–Kier alpha value is -1.36. The summed E-state index contributed by atoms with van der Waals surface area (Å²) in [7, 11) is 1.86. The normalized spacial score (nSPS) is 19.2. The molecule has 100 valence electrons. The Morgan fingerprint density at radius 2 is 2.44 bits per heavy atom. The summed E-state index contributed by atoms with van der Waals surface area (Å²) in [5.41, 5.74) is 1.56. The third-order valence-corrected chi connectivity index (χ3v) is 3.60. The van der Waals surface area contributed by atoms with Crippen LogP contribution in [0.3, 0.4) is 0 Å². The number of nitrogens with one attached hydrogen (secondary N) is 1. The monoisotopic (exact) mass is 250 g/mol. The van der Waals surface area contributed by atoms with Crippen LogP contribution in [0.1, 0.15) is 35.9 Å². The molecular formula is C13H22N4O. The lowest BCUT2D eigenvalue weighted by molar-refractivity contribution is 0.0744. The van der Waals surface area contributed by atoms with Crippen molar-refractivity contribution in [1.29, 1.82) is 0 Å². The Morgan fingerprint density at radius 1 is 1.67 bits per heavy atom. The molecule has 0 saturated carbocycles. The third-order valence-electron chi connectivity index (χ3n) is 3.60. The minimum atomic E-state index is 0.0369. The summed E-state index contributed by atoms with van der Waals surface area (Å²) in [4.78, 5) is 14.2. The Morgan fingerprint density at radius 3 is 2.94 bits per heavy atom. The number of amides is 1. The second kappa shape index (κ2) is 5.52. The molecule has 1 atom stereocenters. The van der Waals surface area contributed by atoms with Gasteiger partial charge in [-0.15, -0.1) is 0 Å². The summed E-state index contributed by atoms with van der Waals surface area (Å²) < 4.78 is 1.74. The van der Waals surface area contributed by atoms with Gasteiger partial charge in [-0.25, -0.2) is 0 Å². The zero-order valence-corrected chi connectivity index (χ0v) is 11.4. The Bertz CT molecular complexity index is 401. The zero-order chi connectivity index (χ0) is 13.1. The Kier molecular flexibility index (Phi) is 4.01. The first kappa shape index (κ1) is 13.1. The molecule has 2 heterocycles. The molecule has 0 spiro atoms. The summed E-state index contributed by atoms with van der Waals surface area (Å²) in [6.07, 6.45) is 2.37. The standard InChI is InChI=1S/C13H22N4O/c1-4-17(9-11-6-5-7-14-11)13(18)12-8-10(2)16(3)15-12/h8,11,14H,4-7,9H2,1-3H3. The summed E-state index contributed by atoms with van der Waals surface area (Å²) in [5.74, 6) is 0.0369. The van der Waals surface area contributed by atoms with Gasteiger partial charge < -0.3 is 10.2 Å². The van der Waals surface area contributed by atoms with E-state index in [1.807, 2.05) is 31.9 Å². The lowest BCUT2D eigenvalue weighted by Gasteiger charge is -2.23. The van der Waals surface area contributed by atoms with Crippen molar-refractivity contribution in [3.63, 3.8) is 0 Å². The topological polar surface area (TPSA) is 50.2 Å². The molecule has 5 nitrogen and oxygen atoms in total. The van der Waals surface area contributed by atoms with Gasteiger partial charge in [0.2, 0.25) is 0 Å². The third kappa shape index (κ3) is 2.72. The summed E-state index contributed by atoms with van der Waals surface area (Å²) >= 11 is 0. The highest BCUT2D eigenvalue weighted by atomic mass is 16.2. The van der Waals surface area contributed by atoms with E-state index < -0.39 is 0 Å². The van der Waals surface area contributed by atoms with Gasteiger partial charge in [-0.3, -0.25) is 9.48 Å². The fourth-order valence-electron chi connectivity index (χ4n) is 2.36. The van der Waals surface area contributed by atoms with Crippen LogP contribution in [0.15, 0.2) is 6.07 Å². The predicted octanol–water partition coefficient (Wildman–Crippen LogP) is 0.943. The molecule has 1 aromatic rings. The largest absolute Gasteiger partial charge is 0.336 e. The minimum Gasteiger partial charge on any atom is -0.336 e. The molecule has 0 aromatic carbocycles. The molecule has 1 aliphatic rings. The maximum Gasteiger partial charge on any atom is 0.274 e. The number of carbonyl (C=O) groups is 1. The van der Waals surface area contributed by atoms with Crippen LogP contribution in [0.4, 0.5) is 0 Å². The van der Waals surface area contributed by atoms with Crippen molar-refractivity contribution in [1.82, 2.24) is 20.0 Å². The predicted molar refractivity (Wildman–Crippen MR) is 70.5 cm³/mol. The van der Waals surface area contributed by atoms with E-state index in [1.54, 1.807) is 4.68 Å². The summed E-state index contributed by atoms with van der Waals surface area (Å²) in [6.45, 7) is 6.55. The number of rotatable bonds is 4. The molecule has 5 heteroatoms.